The highest BCUT2D eigenvalue weighted by molar-refractivity contribution is 5.75. The number of guanidine groups is 1. The Morgan fingerprint density at radius 3 is 2.86 bits per heavy atom. The summed E-state index contributed by atoms with van der Waals surface area (Å²) < 4.78 is 5.31. The van der Waals surface area contributed by atoms with Crippen molar-refractivity contribution in [2.45, 2.75) is 25.5 Å². The normalized spacial score (nSPS) is 25.9. The number of hydrazine groups is 1. The van der Waals surface area contributed by atoms with Gasteiger partial charge in [0.1, 0.15) is 0 Å². The summed E-state index contributed by atoms with van der Waals surface area (Å²) in [5.74, 6) is -0.210. The maximum absolute atomic E-state index is 10.1. The molecule has 1 fully saturated rings. The lowest BCUT2D eigenvalue weighted by molar-refractivity contribution is -0.526. The highest BCUT2D eigenvalue weighted by atomic mass is 16.7. The summed E-state index contributed by atoms with van der Waals surface area (Å²) in [7, 11) is 1.64. The molecule has 0 aliphatic carbocycles. The summed E-state index contributed by atoms with van der Waals surface area (Å²) in [5, 5.41) is 16.7. The van der Waals surface area contributed by atoms with Gasteiger partial charge in [0.25, 0.3) is 5.96 Å². The first-order chi connectivity index (χ1) is 6.50. The molecule has 14 heavy (non-hydrogen) atoms. The van der Waals surface area contributed by atoms with Crippen molar-refractivity contribution < 1.29 is 9.77 Å². The van der Waals surface area contributed by atoms with Gasteiger partial charge in [0.15, 0.2) is 5.03 Å². The zero-order valence-corrected chi connectivity index (χ0v) is 8.19. The van der Waals surface area contributed by atoms with Crippen molar-refractivity contribution in [3.05, 3.63) is 10.1 Å². The number of likely N-dealkylation sites (N-methyl/N-ethyl adjacent to an activating group) is 1. The van der Waals surface area contributed by atoms with Crippen molar-refractivity contribution in [2.24, 2.45) is 0 Å². The Hall–Kier alpha value is -1.37. The molecule has 1 saturated heterocycles. The first kappa shape index (κ1) is 10.7. The highest BCUT2D eigenvalue weighted by Crippen LogP contribution is 2.16. The number of hydrogen-bond acceptors (Lipinski definition) is 4. The lowest BCUT2D eigenvalue weighted by Crippen LogP contribution is -2.46. The SMILES string of the molecule is CC1CC(N(C)C(=N)N[N+](=O)[O-])CO1. The largest absolute Gasteiger partial charge is 0.376 e. The minimum Gasteiger partial charge on any atom is -0.376 e. The van der Waals surface area contributed by atoms with Gasteiger partial charge in [0.05, 0.1) is 18.8 Å². The third-order valence-electron chi connectivity index (χ3n) is 2.27. The molecule has 0 aromatic rings. The molecular weight excluding hydrogens is 188 g/mol. The van der Waals surface area contributed by atoms with Crippen LogP contribution in [-0.4, -0.2) is 41.7 Å². The van der Waals surface area contributed by atoms with Crippen LogP contribution < -0.4 is 5.43 Å². The minimum atomic E-state index is -0.738. The summed E-state index contributed by atoms with van der Waals surface area (Å²) in [4.78, 5) is 11.6. The topological polar surface area (TPSA) is 91.5 Å². The number of nitrogens with one attached hydrogen (secondary N) is 2. The van der Waals surface area contributed by atoms with E-state index in [2.05, 4.69) is 0 Å². The van der Waals surface area contributed by atoms with Crippen LogP contribution in [0, 0.1) is 15.5 Å². The van der Waals surface area contributed by atoms with Gasteiger partial charge in [-0.15, -0.1) is 0 Å². The van der Waals surface area contributed by atoms with Crippen LogP contribution in [-0.2, 0) is 4.74 Å². The average molecular weight is 202 g/mol. The fraction of sp³-hybridized carbons (Fsp3) is 0.857. The molecule has 1 rings (SSSR count). The number of nitro groups is 1. The van der Waals surface area contributed by atoms with E-state index in [-0.39, 0.29) is 18.1 Å². The van der Waals surface area contributed by atoms with E-state index in [1.165, 1.54) is 4.90 Å². The van der Waals surface area contributed by atoms with Crippen LogP contribution >= 0.6 is 0 Å². The van der Waals surface area contributed by atoms with Crippen molar-refractivity contribution in [3.63, 3.8) is 0 Å². The first-order valence-electron chi connectivity index (χ1n) is 4.34. The third-order valence-corrected chi connectivity index (χ3v) is 2.27. The summed E-state index contributed by atoms with van der Waals surface area (Å²) in [6, 6.07) is 0.0462. The standard InChI is InChI=1S/C7H14N4O3/c1-5-3-6(4-14-5)10(2)7(8)9-11(12)13/h5-6H,3-4H2,1-2H3,(H2,8,9). The van der Waals surface area contributed by atoms with Crippen LogP contribution in [0.3, 0.4) is 0 Å². The van der Waals surface area contributed by atoms with Crippen LogP contribution in [0.1, 0.15) is 13.3 Å². The molecule has 1 heterocycles. The van der Waals surface area contributed by atoms with Crippen molar-refractivity contribution in [2.75, 3.05) is 13.7 Å². The molecule has 80 valence electrons. The van der Waals surface area contributed by atoms with E-state index >= 15 is 0 Å². The monoisotopic (exact) mass is 202 g/mol. The van der Waals surface area contributed by atoms with E-state index < -0.39 is 5.03 Å². The second-order valence-corrected chi connectivity index (χ2v) is 3.36. The Balaban J connectivity index is 2.44. The molecule has 1 aliphatic rings. The maximum Gasteiger partial charge on any atom is 0.254 e. The fourth-order valence-corrected chi connectivity index (χ4v) is 1.41. The van der Waals surface area contributed by atoms with Crippen LogP contribution in [0.4, 0.5) is 0 Å². The molecule has 2 atom stereocenters. The van der Waals surface area contributed by atoms with Crippen LogP contribution in [0.5, 0.6) is 0 Å². The van der Waals surface area contributed by atoms with Gasteiger partial charge in [-0.25, -0.2) is 10.1 Å². The van der Waals surface area contributed by atoms with E-state index in [4.69, 9.17) is 10.1 Å². The van der Waals surface area contributed by atoms with E-state index in [0.717, 1.165) is 6.42 Å². The van der Waals surface area contributed by atoms with Crippen molar-refractivity contribution >= 4 is 5.96 Å². The molecule has 2 unspecified atom stereocenters. The highest BCUT2D eigenvalue weighted by Gasteiger charge is 2.28. The van der Waals surface area contributed by atoms with Crippen molar-refractivity contribution in [1.29, 1.82) is 5.41 Å². The Bertz CT molecular complexity index is 245. The van der Waals surface area contributed by atoms with E-state index in [0.29, 0.717) is 6.61 Å². The average Bonchev–Trinajstić information content (AvgIpc) is 2.49. The molecule has 0 spiro atoms. The second-order valence-electron chi connectivity index (χ2n) is 3.36. The number of rotatable bonds is 2. The smallest absolute Gasteiger partial charge is 0.254 e. The number of nitrogens with zero attached hydrogens (tertiary/aromatic N) is 2. The quantitative estimate of drug-likeness (QED) is 0.280. The van der Waals surface area contributed by atoms with Gasteiger partial charge in [-0.05, 0) is 13.3 Å². The Morgan fingerprint density at radius 1 is 1.79 bits per heavy atom. The molecule has 0 radical (unpaired) electrons. The lowest BCUT2D eigenvalue weighted by atomic mass is 10.2. The predicted octanol–water partition coefficient (Wildman–Crippen LogP) is -0.188. The van der Waals surface area contributed by atoms with Gasteiger partial charge in [-0.1, -0.05) is 5.43 Å². The van der Waals surface area contributed by atoms with Gasteiger partial charge in [-0.3, -0.25) is 5.41 Å². The van der Waals surface area contributed by atoms with Gasteiger partial charge in [0, 0.05) is 7.05 Å². The summed E-state index contributed by atoms with van der Waals surface area (Å²) in [5.41, 5.74) is 1.81. The van der Waals surface area contributed by atoms with Gasteiger partial charge in [-0.2, -0.15) is 0 Å². The summed E-state index contributed by atoms with van der Waals surface area (Å²) in [6.45, 7) is 2.46. The third kappa shape index (κ3) is 2.56. The molecule has 0 aromatic heterocycles. The molecule has 7 heteroatoms. The summed E-state index contributed by atoms with van der Waals surface area (Å²) in [6.07, 6.45) is 0.948. The van der Waals surface area contributed by atoms with Gasteiger partial charge in [0.2, 0.25) is 0 Å². The van der Waals surface area contributed by atoms with Crippen LogP contribution in [0.25, 0.3) is 0 Å². The van der Waals surface area contributed by atoms with E-state index in [9.17, 15) is 10.1 Å². The number of ether oxygens (including phenoxy) is 1. The molecule has 0 bridgehead atoms. The van der Waals surface area contributed by atoms with Gasteiger partial charge >= 0.3 is 0 Å². The van der Waals surface area contributed by atoms with Crippen molar-refractivity contribution in [1.82, 2.24) is 10.3 Å². The Labute approximate surface area is 81.7 Å². The molecule has 7 nitrogen and oxygen atoms in total. The first-order valence-corrected chi connectivity index (χ1v) is 4.34. The Kier molecular flexibility index (Phi) is 3.23. The fourth-order valence-electron chi connectivity index (χ4n) is 1.41. The molecule has 2 N–H and O–H groups in total. The molecule has 0 aromatic carbocycles. The number of hydrogen-bond donors (Lipinski definition) is 2. The van der Waals surface area contributed by atoms with Crippen LogP contribution in [0.2, 0.25) is 0 Å². The molecule has 0 saturated carbocycles. The minimum absolute atomic E-state index is 0.0462. The Morgan fingerprint density at radius 2 is 2.43 bits per heavy atom. The van der Waals surface area contributed by atoms with Gasteiger partial charge < -0.3 is 9.64 Å². The van der Waals surface area contributed by atoms with E-state index in [1.807, 2.05) is 12.3 Å². The maximum atomic E-state index is 10.1. The molecular formula is C7H14N4O3. The molecule has 1 aliphatic heterocycles. The lowest BCUT2D eigenvalue weighted by Gasteiger charge is -2.23. The zero-order valence-electron chi connectivity index (χ0n) is 8.19. The van der Waals surface area contributed by atoms with Crippen LogP contribution in [0.15, 0.2) is 0 Å². The summed E-state index contributed by atoms with van der Waals surface area (Å²) >= 11 is 0. The predicted molar refractivity (Wildman–Crippen MR) is 49.4 cm³/mol. The zero-order chi connectivity index (χ0) is 10.7. The van der Waals surface area contributed by atoms with E-state index in [1.54, 1.807) is 7.05 Å². The van der Waals surface area contributed by atoms with Crippen molar-refractivity contribution in [3.8, 4) is 0 Å². The second kappa shape index (κ2) is 4.23. The molecule has 0 amide bonds.